The van der Waals surface area contributed by atoms with Gasteiger partial charge in [0.25, 0.3) is 0 Å². The normalized spacial score (nSPS) is 11.2. The van der Waals surface area contributed by atoms with E-state index in [-0.39, 0.29) is 12.3 Å². The lowest BCUT2D eigenvalue weighted by molar-refractivity contribution is 0.112. The fourth-order valence-electron chi connectivity index (χ4n) is 2.89. The van der Waals surface area contributed by atoms with Crippen LogP contribution in [0.1, 0.15) is 23.3 Å². The fraction of sp³-hybridized carbons (Fsp3) is 0.125. The number of benzene rings is 2. The van der Waals surface area contributed by atoms with Gasteiger partial charge in [-0.3, -0.25) is 14.8 Å². The molecule has 0 saturated carbocycles. The van der Waals surface area contributed by atoms with E-state index in [2.05, 4.69) is 16.5 Å². The van der Waals surface area contributed by atoms with E-state index in [9.17, 15) is 21.6 Å². The number of pyridine rings is 2. The monoisotopic (exact) mass is 484 g/mol. The largest absolute Gasteiger partial charge is 0.298 e. The van der Waals surface area contributed by atoms with Crippen molar-refractivity contribution in [3.05, 3.63) is 78.6 Å². The zero-order chi connectivity index (χ0) is 23.5. The Bertz CT molecular complexity index is 1440. The van der Waals surface area contributed by atoms with Crippen LogP contribution in [0.15, 0.2) is 77.3 Å². The zero-order valence-electron chi connectivity index (χ0n) is 17.4. The third-order valence-electron chi connectivity index (χ3n) is 4.58. The molecule has 0 unspecified atom stereocenters. The lowest BCUT2D eigenvalue weighted by Crippen LogP contribution is -1.97. The predicted octanol–water partition coefficient (Wildman–Crippen LogP) is 4.37. The number of hydrogen-bond acceptors (Lipinski definition) is 7. The van der Waals surface area contributed by atoms with Gasteiger partial charge in [-0.25, -0.2) is 16.8 Å². The third-order valence-corrected chi connectivity index (χ3v) is 6.80. The predicted molar refractivity (Wildman–Crippen MR) is 132 cm³/mol. The van der Waals surface area contributed by atoms with Crippen molar-refractivity contribution in [2.75, 3.05) is 12.5 Å². The van der Waals surface area contributed by atoms with Crippen LogP contribution in [0.25, 0.3) is 27.9 Å². The first-order chi connectivity index (χ1) is 15.0. The maximum Gasteiger partial charge on any atom is 0.175 e. The highest BCUT2D eigenvalue weighted by Gasteiger charge is 2.09. The van der Waals surface area contributed by atoms with E-state index in [1.165, 1.54) is 24.6 Å². The molecule has 0 aliphatic rings. The second-order valence-corrected chi connectivity index (χ2v) is 11.1. The highest BCUT2D eigenvalue weighted by molar-refractivity contribution is 7.91. The molecule has 7 nitrogen and oxygen atoms in total. The van der Waals surface area contributed by atoms with Crippen molar-refractivity contribution in [1.82, 2.24) is 9.97 Å². The highest BCUT2D eigenvalue weighted by Crippen LogP contribution is 2.19. The summed E-state index contributed by atoms with van der Waals surface area (Å²) in [5.41, 5.74) is 2.74. The van der Waals surface area contributed by atoms with Crippen LogP contribution in [0.2, 0.25) is 0 Å². The van der Waals surface area contributed by atoms with Crippen LogP contribution in [0.3, 0.4) is 0 Å². The topological polar surface area (TPSA) is 111 Å². The smallest absolute Gasteiger partial charge is 0.175 e. The molecule has 9 heteroatoms. The minimum Gasteiger partial charge on any atom is -0.298 e. The van der Waals surface area contributed by atoms with Crippen LogP contribution in [0.5, 0.6) is 0 Å². The van der Waals surface area contributed by atoms with E-state index < -0.39 is 19.7 Å². The van der Waals surface area contributed by atoms with Gasteiger partial charge in [-0.1, -0.05) is 20.1 Å². The van der Waals surface area contributed by atoms with Crippen LogP contribution in [-0.2, 0) is 19.7 Å². The average molecular weight is 485 g/mol. The van der Waals surface area contributed by atoms with E-state index in [0.29, 0.717) is 27.6 Å². The number of carbonyl (C=O) groups excluding carboxylic acids is 1. The number of aldehydes is 1. The van der Waals surface area contributed by atoms with Gasteiger partial charge in [0.05, 0.1) is 20.8 Å². The van der Waals surface area contributed by atoms with E-state index >= 15 is 0 Å². The molecule has 0 atom stereocenters. The van der Waals surface area contributed by atoms with Gasteiger partial charge in [0, 0.05) is 41.2 Å². The number of fused-ring (bicyclic) bond motifs is 2. The molecule has 0 aliphatic carbocycles. The molecular formula is C24H24N2O5S2. The lowest BCUT2D eigenvalue weighted by atomic mass is 10.1. The van der Waals surface area contributed by atoms with Gasteiger partial charge in [0.2, 0.25) is 0 Å². The van der Waals surface area contributed by atoms with Crippen LogP contribution >= 0.6 is 0 Å². The first-order valence-corrected chi connectivity index (χ1v) is 13.1. The molecule has 172 valence electrons. The maximum atomic E-state index is 11.4. The first kappa shape index (κ1) is 25.8. The molecule has 2 heterocycles. The van der Waals surface area contributed by atoms with Crippen molar-refractivity contribution in [2.24, 2.45) is 0 Å². The highest BCUT2D eigenvalue weighted by atomic mass is 32.2. The van der Waals surface area contributed by atoms with Gasteiger partial charge in [-0.15, -0.1) is 0 Å². The van der Waals surface area contributed by atoms with Gasteiger partial charge in [-0.2, -0.15) is 0 Å². The van der Waals surface area contributed by atoms with Crippen LogP contribution in [0.4, 0.5) is 0 Å². The summed E-state index contributed by atoms with van der Waals surface area (Å²) in [4.78, 5) is 19.4. The van der Waals surface area contributed by atoms with E-state index in [4.69, 9.17) is 0 Å². The third kappa shape index (κ3) is 6.30. The van der Waals surface area contributed by atoms with Gasteiger partial charge in [0.15, 0.2) is 26.0 Å². The van der Waals surface area contributed by atoms with Gasteiger partial charge >= 0.3 is 0 Å². The van der Waals surface area contributed by atoms with E-state index in [1.54, 1.807) is 42.6 Å². The Labute approximate surface area is 193 Å². The van der Waals surface area contributed by atoms with Gasteiger partial charge in [0.1, 0.15) is 0 Å². The van der Waals surface area contributed by atoms with Crippen LogP contribution in [0, 0.1) is 0 Å². The standard InChI is InChI=1S/C12H11NO2S.C11H9NO3S.CH4/c1-3-9-6-10-7-11(16(2,14)15)4-5-12(10)13-8-9;1-16(14,15)10-2-3-11-9(5-10)4-8(7-13)6-12-11;/h3-8H,1H2,2H3;2-7H,1H3;1H4. The quantitative estimate of drug-likeness (QED) is 0.396. The van der Waals surface area contributed by atoms with E-state index in [0.717, 1.165) is 22.7 Å². The number of nitrogens with zero attached hydrogens (tertiary/aromatic N) is 2. The average Bonchev–Trinajstić information content (AvgIpc) is 2.76. The molecule has 33 heavy (non-hydrogen) atoms. The summed E-state index contributed by atoms with van der Waals surface area (Å²) in [5, 5.41) is 1.45. The molecule has 0 bridgehead atoms. The molecule has 0 saturated heterocycles. The summed E-state index contributed by atoms with van der Waals surface area (Å²) in [6, 6.07) is 13.0. The van der Waals surface area contributed by atoms with Gasteiger partial charge < -0.3 is 0 Å². The zero-order valence-corrected chi connectivity index (χ0v) is 19.0. The summed E-state index contributed by atoms with van der Waals surface area (Å²) in [6.07, 6.45) is 7.86. The fourth-order valence-corrected chi connectivity index (χ4v) is 4.20. The summed E-state index contributed by atoms with van der Waals surface area (Å²) in [7, 11) is -6.40. The molecule has 0 radical (unpaired) electrons. The SMILES string of the molecule is C.C=Cc1cnc2ccc(S(C)(=O)=O)cc2c1.CS(=O)(=O)c1ccc2ncc(C=O)cc2c1. The van der Waals surface area contributed by atoms with Crippen molar-refractivity contribution in [3.63, 3.8) is 0 Å². The molecule has 0 aliphatic heterocycles. The molecule has 2 aromatic heterocycles. The van der Waals surface area contributed by atoms with Crippen LogP contribution < -0.4 is 0 Å². The summed E-state index contributed by atoms with van der Waals surface area (Å²) < 4.78 is 45.5. The Morgan fingerprint density at radius 3 is 1.55 bits per heavy atom. The minimum absolute atomic E-state index is 0. The number of hydrogen-bond donors (Lipinski definition) is 0. The van der Waals surface area contributed by atoms with Crippen molar-refractivity contribution in [3.8, 4) is 0 Å². The molecule has 2 aromatic carbocycles. The summed E-state index contributed by atoms with van der Waals surface area (Å²) in [6.45, 7) is 3.65. The van der Waals surface area contributed by atoms with E-state index in [1.807, 2.05) is 6.07 Å². The minimum atomic E-state index is -3.23. The van der Waals surface area contributed by atoms with Crippen LogP contribution in [-0.4, -0.2) is 45.6 Å². The van der Waals surface area contributed by atoms with Crippen molar-refractivity contribution in [1.29, 1.82) is 0 Å². The molecule has 4 rings (SSSR count). The second-order valence-electron chi connectivity index (χ2n) is 7.11. The van der Waals surface area contributed by atoms with Gasteiger partial charge in [-0.05, 0) is 54.1 Å². The molecule has 4 aromatic rings. The van der Waals surface area contributed by atoms with Crippen molar-refractivity contribution < 1.29 is 21.6 Å². The Morgan fingerprint density at radius 2 is 1.15 bits per heavy atom. The Morgan fingerprint density at radius 1 is 0.727 bits per heavy atom. The number of carbonyl (C=O) groups is 1. The summed E-state index contributed by atoms with van der Waals surface area (Å²) in [5.74, 6) is 0. The molecule has 0 fully saturated rings. The molecular weight excluding hydrogens is 460 g/mol. The van der Waals surface area contributed by atoms with Crippen molar-refractivity contribution in [2.45, 2.75) is 17.2 Å². The number of rotatable bonds is 4. The second kappa shape index (κ2) is 10.0. The summed E-state index contributed by atoms with van der Waals surface area (Å²) >= 11 is 0. The molecule has 0 spiro atoms. The lowest BCUT2D eigenvalue weighted by Gasteiger charge is -2.02. The maximum absolute atomic E-state index is 11.4. The van der Waals surface area contributed by atoms with Crippen molar-refractivity contribution >= 4 is 53.8 Å². The number of sulfone groups is 2. The molecule has 0 N–H and O–H groups in total. The Balaban J connectivity index is 0.000000227. The Kier molecular flexibility index (Phi) is 7.84. The molecule has 0 amide bonds. The first-order valence-electron chi connectivity index (χ1n) is 9.28. The Hall–Kier alpha value is -3.43. The number of aromatic nitrogens is 2.